The Labute approximate surface area is 109 Å². The van der Waals surface area contributed by atoms with Gasteiger partial charge < -0.3 is 13.3 Å². The van der Waals surface area contributed by atoms with Crippen molar-refractivity contribution in [3.05, 3.63) is 35.9 Å². The molecule has 0 N–H and O–H groups in total. The van der Waals surface area contributed by atoms with E-state index >= 15 is 0 Å². The molecule has 0 aromatic heterocycles. The molecule has 1 unspecified atom stereocenters. The molecule has 1 aromatic carbocycles. The summed E-state index contributed by atoms with van der Waals surface area (Å²) in [4.78, 5) is 0. The molecule has 1 atom stereocenters. The predicted octanol–water partition coefficient (Wildman–Crippen LogP) is 1.31. The van der Waals surface area contributed by atoms with Gasteiger partial charge in [-0.3, -0.25) is 0 Å². The minimum absolute atomic E-state index is 0.220. The van der Waals surface area contributed by atoms with Crippen LogP contribution in [0.3, 0.4) is 0 Å². The van der Waals surface area contributed by atoms with Crippen molar-refractivity contribution in [2.75, 3.05) is 27.9 Å². The van der Waals surface area contributed by atoms with Crippen LogP contribution in [0, 0.1) is 0 Å². The zero-order valence-corrected chi connectivity index (χ0v) is 12.1. The SMILES string of the molecule is CO[Si](OC)(OC)C1CC[N+]1=Cc1ccccc1. The van der Waals surface area contributed by atoms with Crippen molar-refractivity contribution in [3.8, 4) is 0 Å². The Kier molecular flexibility index (Phi) is 4.29. The number of benzene rings is 1. The van der Waals surface area contributed by atoms with Gasteiger partial charge >= 0.3 is 8.80 Å². The second-order valence-corrected chi connectivity index (χ2v) is 7.40. The van der Waals surface area contributed by atoms with Crippen LogP contribution in [0.15, 0.2) is 30.3 Å². The minimum Gasteiger partial charge on any atom is -0.373 e. The van der Waals surface area contributed by atoms with E-state index in [9.17, 15) is 0 Å². The van der Waals surface area contributed by atoms with Gasteiger partial charge in [0.15, 0.2) is 6.21 Å². The van der Waals surface area contributed by atoms with Crippen LogP contribution in [0.1, 0.15) is 12.0 Å². The first-order valence-electron chi connectivity index (χ1n) is 6.07. The molecule has 1 aromatic rings. The van der Waals surface area contributed by atoms with Crippen molar-refractivity contribution in [1.82, 2.24) is 0 Å². The van der Waals surface area contributed by atoms with E-state index in [0.29, 0.717) is 0 Å². The van der Waals surface area contributed by atoms with Crippen LogP contribution in [-0.4, -0.2) is 53.1 Å². The molecule has 98 valence electrons. The first-order chi connectivity index (χ1) is 8.75. The van der Waals surface area contributed by atoms with Crippen molar-refractivity contribution < 1.29 is 17.9 Å². The first kappa shape index (κ1) is 13.4. The zero-order chi connectivity index (χ0) is 13.0. The normalized spacial score (nSPS) is 21.9. The van der Waals surface area contributed by atoms with Gasteiger partial charge in [-0.1, -0.05) is 18.2 Å². The van der Waals surface area contributed by atoms with Crippen LogP contribution in [0.5, 0.6) is 0 Å². The van der Waals surface area contributed by atoms with E-state index in [1.807, 2.05) is 18.2 Å². The Morgan fingerprint density at radius 2 is 1.72 bits per heavy atom. The van der Waals surface area contributed by atoms with Gasteiger partial charge in [0, 0.05) is 26.9 Å². The third kappa shape index (κ3) is 2.40. The van der Waals surface area contributed by atoms with E-state index in [-0.39, 0.29) is 5.67 Å². The van der Waals surface area contributed by atoms with Gasteiger partial charge in [-0.15, -0.1) is 0 Å². The van der Waals surface area contributed by atoms with E-state index < -0.39 is 8.80 Å². The third-order valence-corrected chi connectivity index (χ3v) is 6.58. The molecule has 1 aliphatic rings. The Bertz CT molecular complexity index is 409. The van der Waals surface area contributed by atoms with Crippen molar-refractivity contribution in [2.24, 2.45) is 0 Å². The zero-order valence-electron chi connectivity index (χ0n) is 11.1. The average molecular weight is 266 g/mol. The van der Waals surface area contributed by atoms with E-state index in [1.165, 1.54) is 5.56 Å². The quantitative estimate of drug-likeness (QED) is 0.595. The third-order valence-electron chi connectivity index (χ3n) is 3.44. The summed E-state index contributed by atoms with van der Waals surface area (Å²) >= 11 is 0. The van der Waals surface area contributed by atoms with Gasteiger partial charge in [-0.05, 0) is 12.1 Å². The van der Waals surface area contributed by atoms with Gasteiger partial charge in [-0.2, -0.15) is 0 Å². The molecule has 1 fully saturated rings. The lowest BCUT2D eigenvalue weighted by molar-refractivity contribution is -0.607. The fraction of sp³-hybridized carbons (Fsp3) is 0.462. The van der Waals surface area contributed by atoms with Crippen LogP contribution in [0.2, 0.25) is 0 Å². The van der Waals surface area contributed by atoms with Crippen LogP contribution < -0.4 is 0 Å². The number of hydrogen-bond donors (Lipinski definition) is 0. The molecule has 0 bridgehead atoms. The van der Waals surface area contributed by atoms with Gasteiger partial charge in [0.25, 0.3) is 0 Å². The molecule has 5 heteroatoms. The monoisotopic (exact) mass is 266 g/mol. The van der Waals surface area contributed by atoms with E-state index in [1.54, 1.807) is 21.3 Å². The molecule has 2 rings (SSSR count). The highest BCUT2D eigenvalue weighted by Gasteiger charge is 2.59. The highest BCUT2D eigenvalue weighted by atomic mass is 28.4. The largest absolute Gasteiger partial charge is 0.572 e. The van der Waals surface area contributed by atoms with Crippen LogP contribution >= 0.6 is 0 Å². The molecule has 1 heterocycles. The molecule has 0 aliphatic carbocycles. The minimum atomic E-state index is -2.56. The lowest BCUT2D eigenvalue weighted by Crippen LogP contribution is -2.64. The molecule has 18 heavy (non-hydrogen) atoms. The van der Waals surface area contributed by atoms with Crippen molar-refractivity contribution in [3.63, 3.8) is 0 Å². The molecule has 1 aliphatic heterocycles. The van der Waals surface area contributed by atoms with Crippen LogP contribution in [0.25, 0.3) is 0 Å². The number of rotatable bonds is 5. The summed E-state index contributed by atoms with van der Waals surface area (Å²) in [5.74, 6) is 0. The Balaban J connectivity index is 2.19. The Hall–Kier alpha value is -1.01. The maximum Gasteiger partial charge on any atom is 0.572 e. The van der Waals surface area contributed by atoms with Crippen molar-refractivity contribution >= 4 is 15.0 Å². The van der Waals surface area contributed by atoms with Crippen LogP contribution in [-0.2, 0) is 13.3 Å². The Morgan fingerprint density at radius 1 is 1.11 bits per heavy atom. The summed E-state index contributed by atoms with van der Waals surface area (Å²) in [6.07, 6.45) is 3.19. The topological polar surface area (TPSA) is 30.7 Å². The van der Waals surface area contributed by atoms with E-state index in [0.717, 1.165) is 13.0 Å². The van der Waals surface area contributed by atoms with Crippen molar-refractivity contribution in [2.45, 2.75) is 12.1 Å². The maximum atomic E-state index is 5.54. The summed E-state index contributed by atoms with van der Waals surface area (Å²) in [6, 6.07) is 10.3. The highest BCUT2D eigenvalue weighted by Crippen LogP contribution is 2.24. The summed E-state index contributed by atoms with van der Waals surface area (Å²) < 4.78 is 18.9. The molecule has 0 saturated carbocycles. The Morgan fingerprint density at radius 3 is 2.17 bits per heavy atom. The summed E-state index contributed by atoms with van der Waals surface area (Å²) in [7, 11) is 2.44. The molecular weight excluding hydrogens is 246 g/mol. The predicted molar refractivity (Wildman–Crippen MR) is 71.9 cm³/mol. The van der Waals surface area contributed by atoms with Crippen molar-refractivity contribution in [1.29, 1.82) is 0 Å². The standard InChI is InChI=1S/C13H20NO3Si/c1-15-18(16-2,17-3)13-9-10-14(13)11-12-7-5-4-6-8-12/h4-8,11,13H,9-10H2,1-3H3/q+1. The van der Waals surface area contributed by atoms with Crippen LogP contribution in [0.4, 0.5) is 0 Å². The summed E-state index contributed by atoms with van der Waals surface area (Å²) in [6.45, 7) is 1.02. The second kappa shape index (κ2) is 5.75. The lowest BCUT2D eigenvalue weighted by Gasteiger charge is -2.34. The number of hydrogen-bond acceptors (Lipinski definition) is 3. The van der Waals surface area contributed by atoms with E-state index in [2.05, 4.69) is 22.9 Å². The maximum absolute atomic E-state index is 5.54. The fourth-order valence-corrected chi connectivity index (χ4v) is 4.74. The molecule has 0 amide bonds. The van der Waals surface area contributed by atoms with Gasteiger partial charge in [0.05, 0.1) is 6.42 Å². The smallest absolute Gasteiger partial charge is 0.373 e. The molecule has 1 saturated heterocycles. The molecule has 0 spiro atoms. The lowest BCUT2D eigenvalue weighted by atomic mass is 10.2. The summed E-state index contributed by atoms with van der Waals surface area (Å²) in [5.41, 5.74) is 1.41. The fourth-order valence-electron chi connectivity index (χ4n) is 2.33. The van der Waals surface area contributed by atoms with Gasteiger partial charge in [-0.25, -0.2) is 4.58 Å². The van der Waals surface area contributed by atoms with Gasteiger partial charge in [0.2, 0.25) is 5.67 Å². The molecular formula is C13H20NO3Si+. The molecule has 0 radical (unpaired) electrons. The highest BCUT2D eigenvalue weighted by molar-refractivity contribution is 6.62. The average Bonchev–Trinajstić information content (AvgIpc) is 2.42. The van der Waals surface area contributed by atoms with E-state index in [4.69, 9.17) is 13.3 Å². The second-order valence-electron chi connectivity index (χ2n) is 4.30. The first-order valence-corrected chi connectivity index (χ1v) is 7.87. The number of nitrogens with zero attached hydrogens (tertiary/aromatic N) is 1. The summed E-state index contributed by atoms with van der Waals surface area (Å²) in [5, 5.41) is 0. The van der Waals surface area contributed by atoms with Gasteiger partial charge in [0.1, 0.15) is 6.54 Å². The molecule has 4 nitrogen and oxygen atoms in total.